The summed E-state index contributed by atoms with van der Waals surface area (Å²) in [7, 11) is 1.77. The standard InChI is InChI=1S/C9H12F2N2O/c1-13-4-7(12-5-13)8(14)2-6-3-9(6,10)11/h4-6,8,14H,2-3H2,1H3. The van der Waals surface area contributed by atoms with Gasteiger partial charge in [0.2, 0.25) is 0 Å². The molecule has 0 aromatic carbocycles. The van der Waals surface area contributed by atoms with Gasteiger partial charge in [-0.15, -0.1) is 0 Å². The highest BCUT2D eigenvalue weighted by molar-refractivity contribution is 5.04. The normalized spacial score (nSPS) is 26.1. The van der Waals surface area contributed by atoms with Gasteiger partial charge < -0.3 is 9.67 Å². The molecule has 14 heavy (non-hydrogen) atoms. The lowest BCUT2D eigenvalue weighted by molar-refractivity contribution is 0.0758. The molecule has 2 rings (SSSR count). The number of aromatic nitrogens is 2. The van der Waals surface area contributed by atoms with E-state index >= 15 is 0 Å². The molecule has 2 unspecified atom stereocenters. The predicted octanol–water partition coefficient (Wildman–Crippen LogP) is 1.50. The largest absolute Gasteiger partial charge is 0.387 e. The third-order valence-corrected chi connectivity index (χ3v) is 2.53. The van der Waals surface area contributed by atoms with Gasteiger partial charge in [0.15, 0.2) is 0 Å². The zero-order valence-electron chi connectivity index (χ0n) is 7.82. The van der Waals surface area contributed by atoms with E-state index in [1.54, 1.807) is 24.1 Å². The Morgan fingerprint density at radius 3 is 2.86 bits per heavy atom. The van der Waals surface area contributed by atoms with Crippen LogP contribution in [-0.2, 0) is 7.05 Å². The molecule has 2 atom stereocenters. The fourth-order valence-electron chi connectivity index (χ4n) is 1.52. The lowest BCUT2D eigenvalue weighted by Gasteiger charge is -2.05. The van der Waals surface area contributed by atoms with Crippen molar-refractivity contribution in [3.8, 4) is 0 Å². The highest BCUT2D eigenvalue weighted by atomic mass is 19.3. The van der Waals surface area contributed by atoms with Crippen LogP contribution in [0, 0.1) is 5.92 Å². The van der Waals surface area contributed by atoms with Crippen molar-refractivity contribution < 1.29 is 13.9 Å². The van der Waals surface area contributed by atoms with Crippen molar-refractivity contribution in [1.29, 1.82) is 0 Å². The van der Waals surface area contributed by atoms with Crippen molar-refractivity contribution in [2.45, 2.75) is 24.9 Å². The van der Waals surface area contributed by atoms with Crippen LogP contribution >= 0.6 is 0 Å². The van der Waals surface area contributed by atoms with Crippen LogP contribution in [0.25, 0.3) is 0 Å². The van der Waals surface area contributed by atoms with Gasteiger partial charge in [-0.3, -0.25) is 0 Å². The third kappa shape index (κ3) is 1.77. The van der Waals surface area contributed by atoms with Crippen molar-refractivity contribution in [2.24, 2.45) is 13.0 Å². The first-order chi connectivity index (χ1) is 6.49. The zero-order chi connectivity index (χ0) is 10.3. The summed E-state index contributed by atoms with van der Waals surface area (Å²) < 4.78 is 26.8. The topological polar surface area (TPSA) is 38.0 Å². The van der Waals surface area contributed by atoms with E-state index in [0.717, 1.165) is 0 Å². The van der Waals surface area contributed by atoms with E-state index < -0.39 is 17.9 Å². The predicted molar refractivity (Wildman–Crippen MR) is 45.8 cm³/mol. The van der Waals surface area contributed by atoms with Gasteiger partial charge in [0.25, 0.3) is 5.92 Å². The molecule has 1 aliphatic rings. The number of aliphatic hydroxyl groups excluding tert-OH is 1. The summed E-state index contributed by atoms with van der Waals surface area (Å²) in [6.45, 7) is 0. The first-order valence-electron chi connectivity index (χ1n) is 4.53. The fourth-order valence-corrected chi connectivity index (χ4v) is 1.52. The van der Waals surface area contributed by atoms with Gasteiger partial charge >= 0.3 is 0 Å². The molecule has 1 aromatic heterocycles. The molecule has 1 saturated carbocycles. The molecule has 1 N–H and O–H groups in total. The van der Waals surface area contributed by atoms with Crippen LogP contribution in [0.3, 0.4) is 0 Å². The monoisotopic (exact) mass is 202 g/mol. The summed E-state index contributed by atoms with van der Waals surface area (Å²) in [5.74, 6) is -3.23. The average Bonchev–Trinajstić information content (AvgIpc) is 2.52. The Labute approximate surface area is 80.4 Å². The van der Waals surface area contributed by atoms with Crippen LogP contribution in [0.5, 0.6) is 0 Å². The van der Waals surface area contributed by atoms with Crippen LogP contribution in [0.4, 0.5) is 8.78 Å². The number of rotatable bonds is 3. The lowest BCUT2D eigenvalue weighted by atomic mass is 10.1. The zero-order valence-corrected chi connectivity index (χ0v) is 7.82. The average molecular weight is 202 g/mol. The Balaban J connectivity index is 1.94. The Hall–Kier alpha value is -0.970. The van der Waals surface area contributed by atoms with Gasteiger partial charge in [0.05, 0.1) is 18.1 Å². The van der Waals surface area contributed by atoms with Gasteiger partial charge in [0.1, 0.15) is 0 Å². The van der Waals surface area contributed by atoms with Crippen molar-refractivity contribution in [2.75, 3.05) is 0 Å². The molecule has 1 aliphatic carbocycles. The smallest absolute Gasteiger partial charge is 0.251 e. The van der Waals surface area contributed by atoms with Crippen molar-refractivity contribution in [3.63, 3.8) is 0 Å². The number of hydrogen-bond donors (Lipinski definition) is 1. The molecule has 0 bridgehead atoms. The minimum Gasteiger partial charge on any atom is -0.387 e. The molecule has 0 aliphatic heterocycles. The SMILES string of the molecule is Cn1cnc(C(O)CC2CC2(F)F)c1. The Morgan fingerprint density at radius 1 is 1.79 bits per heavy atom. The maximum absolute atomic E-state index is 12.5. The Bertz CT molecular complexity index is 337. The second kappa shape index (κ2) is 3.02. The second-order valence-electron chi connectivity index (χ2n) is 3.88. The van der Waals surface area contributed by atoms with E-state index in [4.69, 9.17) is 0 Å². The summed E-state index contributed by atoms with van der Waals surface area (Å²) in [4.78, 5) is 3.91. The Morgan fingerprint density at radius 2 is 2.43 bits per heavy atom. The number of imidazole rings is 1. The van der Waals surface area contributed by atoms with Crippen molar-refractivity contribution in [3.05, 3.63) is 18.2 Å². The molecule has 0 amide bonds. The van der Waals surface area contributed by atoms with E-state index in [2.05, 4.69) is 4.98 Å². The van der Waals surface area contributed by atoms with Crippen LogP contribution < -0.4 is 0 Å². The summed E-state index contributed by atoms with van der Waals surface area (Å²) in [6, 6.07) is 0. The third-order valence-electron chi connectivity index (χ3n) is 2.53. The van der Waals surface area contributed by atoms with Gasteiger partial charge in [-0.05, 0) is 6.42 Å². The number of hydrogen-bond acceptors (Lipinski definition) is 2. The number of aryl methyl sites for hydroxylation is 1. The summed E-state index contributed by atoms with van der Waals surface area (Å²) >= 11 is 0. The van der Waals surface area contributed by atoms with E-state index in [-0.39, 0.29) is 12.8 Å². The maximum atomic E-state index is 12.5. The Kier molecular flexibility index (Phi) is 2.06. The summed E-state index contributed by atoms with van der Waals surface area (Å²) in [6.07, 6.45) is 2.32. The second-order valence-corrected chi connectivity index (χ2v) is 3.88. The minimum atomic E-state index is -2.56. The first-order valence-corrected chi connectivity index (χ1v) is 4.53. The van der Waals surface area contributed by atoms with Crippen LogP contribution in [0.2, 0.25) is 0 Å². The summed E-state index contributed by atoms with van der Waals surface area (Å²) in [5, 5.41) is 9.57. The van der Waals surface area contributed by atoms with Gasteiger partial charge in [0, 0.05) is 25.6 Å². The fraction of sp³-hybridized carbons (Fsp3) is 0.667. The van der Waals surface area contributed by atoms with Gasteiger partial charge in [-0.25, -0.2) is 13.8 Å². The van der Waals surface area contributed by atoms with Gasteiger partial charge in [-0.1, -0.05) is 0 Å². The molecule has 0 spiro atoms. The molecule has 1 fully saturated rings. The van der Waals surface area contributed by atoms with E-state index in [1.807, 2.05) is 0 Å². The molecule has 0 radical (unpaired) electrons. The van der Waals surface area contributed by atoms with E-state index in [1.165, 1.54) is 0 Å². The maximum Gasteiger partial charge on any atom is 0.251 e. The van der Waals surface area contributed by atoms with Crippen LogP contribution in [0.15, 0.2) is 12.5 Å². The lowest BCUT2D eigenvalue weighted by Crippen LogP contribution is -2.03. The van der Waals surface area contributed by atoms with Crippen molar-refractivity contribution >= 4 is 0 Å². The van der Waals surface area contributed by atoms with Gasteiger partial charge in [-0.2, -0.15) is 0 Å². The highest BCUT2D eigenvalue weighted by Gasteiger charge is 2.57. The molecule has 5 heteroatoms. The van der Waals surface area contributed by atoms with Crippen LogP contribution in [-0.4, -0.2) is 20.6 Å². The minimum absolute atomic E-state index is 0.100. The molecule has 78 valence electrons. The number of alkyl halides is 2. The van der Waals surface area contributed by atoms with E-state index in [0.29, 0.717) is 5.69 Å². The number of nitrogens with zero attached hydrogens (tertiary/aromatic N) is 2. The molecule has 3 nitrogen and oxygen atoms in total. The number of aliphatic hydroxyl groups is 1. The van der Waals surface area contributed by atoms with Crippen molar-refractivity contribution in [1.82, 2.24) is 9.55 Å². The molecular weight excluding hydrogens is 190 g/mol. The molecule has 1 aromatic rings. The molecule has 1 heterocycles. The first kappa shape index (κ1) is 9.58. The van der Waals surface area contributed by atoms with Crippen LogP contribution in [0.1, 0.15) is 24.6 Å². The molecule has 0 saturated heterocycles. The summed E-state index contributed by atoms with van der Waals surface area (Å²) in [5.41, 5.74) is 0.468. The quantitative estimate of drug-likeness (QED) is 0.806. The highest BCUT2D eigenvalue weighted by Crippen LogP contribution is 2.52. The molecular formula is C9H12F2N2O. The van der Waals surface area contributed by atoms with E-state index in [9.17, 15) is 13.9 Å². The number of halogens is 2.